The van der Waals surface area contributed by atoms with Crippen LogP contribution < -0.4 is 0 Å². The van der Waals surface area contributed by atoms with Crippen molar-refractivity contribution in [3.05, 3.63) is 35.6 Å². The highest BCUT2D eigenvalue weighted by molar-refractivity contribution is 5.19. The molecule has 1 aromatic carbocycles. The Morgan fingerprint density at radius 3 is 2.43 bits per heavy atom. The van der Waals surface area contributed by atoms with Crippen molar-refractivity contribution < 1.29 is 18.3 Å². The molecule has 0 aromatic heterocycles. The van der Waals surface area contributed by atoms with Crippen LogP contribution in [0, 0.1) is 5.82 Å². The molecule has 1 nitrogen and oxygen atoms in total. The highest BCUT2D eigenvalue weighted by atomic mass is 19.3. The number of rotatable bonds is 3. The summed E-state index contributed by atoms with van der Waals surface area (Å²) in [6, 6.07) is 5.31. The summed E-state index contributed by atoms with van der Waals surface area (Å²) in [6.07, 6.45) is -2.56. The van der Waals surface area contributed by atoms with Gasteiger partial charge in [-0.1, -0.05) is 18.2 Å². The van der Waals surface area contributed by atoms with Gasteiger partial charge in [-0.3, -0.25) is 0 Å². The lowest BCUT2D eigenvalue weighted by atomic mass is 10.0. The van der Waals surface area contributed by atoms with Gasteiger partial charge in [-0.2, -0.15) is 0 Å². The Hall–Kier alpha value is -1.03. The molecule has 78 valence electrons. The van der Waals surface area contributed by atoms with Gasteiger partial charge in [0.25, 0.3) is 5.92 Å². The van der Waals surface area contributed by atoms with Crippen LogP contribution in [-0.4, -0.2) is 17.1 Å². The predicted molar refractivity (Wildman–Crippen MR) is 46.7 cm³/mol. The molecular weight excluding hydrogens is 193 g/mol. The van der Waals surface area contributed by atoms with Gasteiger partial charge in [-0.25, -0.2) is 13.2 Å². The molecule has 0 aliphatic rings. The zero-order valence-electron chi connectivity index (χ0n) is 7.67. The number of aliphatic hydroxyl groups excluding tert-OH is 1. The number of hydrogen-bond donors (Lipinski definition) is 1. The van der Waals surface area contributed by atoms with Crippen LogP contribution in [0.5, 0.6) is 0 Å². The SMILES string of the molecule is CC(O)C(F)(F)Cc1ccccc1F. The lowest BCUT2D eigenvalue weighted by molar-refractivity contribution is -0.0986. The Bertz CT molecular complexity index is 310. The van der Waals surface area contributed by atoms with Gasteiger partial charge in [0, 0.05) is 6.42 Å². The van der Waals surface area contributed by atoms with Crippen LogP contribution in [-0.2, 0) is 6.42 Å². The second kappa shape index (κ2) is 4.00. The van der Waals surface area contributed by atoms with E-state index in [-0.39, 0.29) is 5.56 Å². The summed E-state index contributed by atoms with van der Waals surface area (Å²) in [4.78, 5) is 0. The van der Waals surface area contributed by atoms with E-state index < -0.39 is 24.3 Å². The lowest BCUT2D eigenvalue weighted by Crippen LogP contribution is -2.33. The van der Waals surface area contributed by atoms with Gasteiger partial charge in [0.15, 0.2) is 0 Å². The molecule has 1 atom stereocenters. The summed E-state index contributed by atoms with van der Waals surface area (Å²) in [7, 11) is 0. The Labute approximate surface area is 80.2 Å². The first-order chi connectivity index (χ1) is 6.43. The topological polar surface area (TPSA) is 20.2 Å². The standard InChI is InChI=1S/C10H11F3O/c1-7(14)10(12,13)6-8-4-2-3-5-9(8)11/h2-5,7,14H,6H2,1H3. The summed E-state index contributed by atoms with van der Waals surface area (Å²) in [6.45, 7) is 0.987. The molecule has 1 N–H and O–H groups in total. The average Bonchev–Trinajstić information content (AvgIpc) is 2.08. The van der Waals surface area contributed by atoms with Gasteiger partial charge in [-0.05, 0) is 18.6 Å². The van der Waals surface area contributed by atoms with E-state index in [1.165, 1.54) is 18.2 Å². The van der Waals surface area contributed by atoms with Gasteiger partial charge in [0.1, 0.15) is 11.9 Å². The monoisotopic (exact) mass is 204 g/mol. The third-order valence-electron chi connectivity index (χ3n) is 2.00. The summed E-state index contributed by atoms with van der Waals surface area (Å²) >= 11 is 0. The Balaban J connectivity index is 2.84. The molecule has 0 spiro atoms. The first kappa shape index (κ1) is 11.0. The van der Waals surface area contributed by atoms with Crippen molar-refractivity contribution in [3.8, 4) is 0 Å². The molecule has 0 saturated carbocycles. The van der Waals surface area contributed by atoms with Crippen LogP contribution in [0.3, 0.4) is 0 Å². The van der Waals surface area contributed by atoms with E-state index in [0.717, 1.165) is 13.0 Å². The van der Waals surface area contributed by atoms with Crippen LogP contribution in [0.4, 0.5) is 13.2 Å². The Kier molecular flexibility index (Phi) is 3.16. The second-order valence-electron chi connectivity index (χ2n) is 3.21. The fraction of sp³-hybridized carbons (Fsp3) is 0.400. The zero-order valence-corrected chi connectivity index (χ0v) is 7.67. The van der Waals surface area contributed by atoms with Crippen molar-refractivity contribution in [2.75, 3.05) is 0 Å². The normalized spacial score (nSPS) is 14.1. The molecule has 0 radical (unpaired) electrons. The van der Waals surface area contributed by atoms with E-state index in [1.807, 2.05) is 0 Å². The molecule has 0 aliphatic carbocycles. The number of halogens is 3. The van der Waals surface area contributed by atoms with Crippen molar-refractivity contribution in [1.82, 2.24) is 0 Å². The molecule has 0 fully saturated rings. The van der Waals surface area contributed by atoms with Crippen molar-refractivity contribution in [1.29, 1.82) is 0 Å². The lowest BCUT2D eigenvalue weighted by Gasteiger charge is -2.19. The third-order valence-corrected chi connectivity index (χ3v) is 2.00. The van der Waals surface area contributed by atoms with E-state index >= 15 is 0 Å². The second-order valence-corrected chi connectivity index (χ2v) is 3.21. The van der Waals surface area contributed by atoms with Gasteiger partial charge >= 0.3 is 0 Å². The van der Waals surface area contributed by atoms with Crippen molar-refractivity contribution in [2.45, 2.75) is 25.4 Å². The smallest absolute Gasteiger partial charge is 0.277 e. The first-order valence-corrected chi connectivity index (χ1v) is 4.23. The maximum atomic E-state index is 13.0. The van der Waals surface area contributed by atoms with E-state index in [4.69, 9.17) is 5.11 Å². The summed E-state index contributed by atoms with van der Waals surface area (Å²) in [5.41, 5.74) is -0.0848. The molecule has 0 saturated heterocycles. The molecule has 4 heteroatoms. The third kappa shape index (κ3) is 2.48. The molecule has 1 aromatic rings. The van der Waals surface area contributed by atoms with E-state index in [9.17, 15) is 13.2 Å². The van der Waals surface area contributed by atoms with Crippen molar-refractivity contribution in [2.24, 2.45) is 0 Å². The van der Waals surface area contributed by atoms with Gasteiger partial charge in [-0.15, -0.1) is 0 Å². The molecule has 0 amide bonds. The maximum absolute atomic E-state index is 13.0. The molecular formula is C10H11F3O. The zero-order chi connectivity index (χ0) is 10.8. The van der Waals surface area contributed by atoms with E-state index in [0.29, 0.717) is 0 Å². The molecule has 0 aliphatic heterocycles. The summed E-state index contributed by atoms with van der Waals surface area (Å²) in [5.74, 6) is -3.96. The van der Waals surface area contributed by atoms with Gasteiger partial charge < -0.3 is 5.11 Å². The maximum Gasteiger partial charge on any atom is 0.277 e. The minimum atomic E-state index is -3.29. The van der Waals surface area contributed by atoms with Crippen molar-refractivity contribution >= 4 is 0 Å². The van der Waals surface area contributed by atoms with E-state index in [1.54, 1.807) is 0 Å². The van der Waals surface area contributed by atoms with Crippen LogP contribution in [0.15, 0.2) is 24.3 Å². The fourth-order valence-electron chi connectivity index (χ4n) is 1.04. The van der Waals surface area contributed by atoms with Gasteiger partial charge in [0.2, 0.25) is 0 Å². The van der Waals surface area contributed by atoms with Crippen LogP contribution in [0.1, 0.15) is 12.5 Å². The summed E-state index contributed by atoms with van der Waals surface area (Å²) < 4.78 is 39.0. The van der Waals surface area contributed by atoms with Crippen LogP contribution >= 0.6 is 0 Å². The number of benzene rings is 1. The largest absolute Gasteiger partial charge is 0.387 e. The van der Waals surface area contributed by atoms with Crippen LogP contribution in [0.25, 0.3) is 0 Å². The number of aliphatic hydroxyl groups is 1. The minimum Gasteiger partial charge on any atom is -0.387 e. The first-order valence-electron chi connectivity index (χ1n) is 4.23. The Morgan fingerprint density at radius 2 is 1.93 bits per heavy atom. The molecule has 1 rings (SSSR count). The highest BCUT2D eigenvalue weighted by Gasteiger charge is 2.35. The van der Waals surface area contributed by atoms with Gasteiger partial charge in [0.05, 0.1) is 0 Å². The van der Waals surface area contributed by atoms with Crippen LogP contribution in [0.2, 0.25) is 0 Å². The molecule has 1 unspecified atom stereocenters. The van der Waals surface area contributed by atoms with Crippen molar-refractivity contribution in [3.63, 3.8) is 0 Å². The predicted octanol–water partition coefficient (Wildman–Crippen LogP) is 2.38. The minimum absolute atomic E-state index is 0.0848. The fourth-order valence-corrected chi connectivity index (χ4v) is 1.04. The Morgan fingerprint density at radius 1 is 1.36 bits per heavy atom. The molecule has 14 heavy (non-hydrogen) atoms. The number of alkyl halides is 2. The average molecular weight is 204 g/mol. The quantitative estimate of drug-likeness (QED) is 0.801. The number of hydrogen-bond acceptors (Lipinski definition) is 1. The molecule has 0 bridgehead atoms. The summed E-state index contributed by atoms with van der Waals surface area (Å²) in [5, 5.41) is 8.76. The van der Waals surface area contributed by atoms with E-state index in [2.05, 4.69) is 0 Å². The highest BCUT2D eigenvalue weighted by Crippen LogP contribution is 2.25. The molecule has 0 heterocycles.